The zero-order valence-corrected chi connectivity index (χ0v) is 14.0. The van der Waals surface area contributed by atoms with Crippen molar-refractivity contribution in [3.63, 3.8) is 0 Å². The van der Waals surface area contributed by atoms with E-state index in [0.29, 0.717) is 10.0 Å². The van der Waals surface area contributed by atoms with Crippen molar-refractivity contribution < 1.29 is 0 Å². The summed E-state index contributed by atoms with van der Waals surface area (Å²) in [5.41, 5.74) is 1.11. The maximum atomic E-state index is 6.07. The molecular formula is C14H20Cl2N2S. The lowest BCUT2D eigenvalue weighted by Gasteiger charge is -2.26. The average Bonchev–Trinajstić information content (AvgIpc) is 2.26. The molecule has 0 spiro atoms. The van der Waals surface area contributed by atoms with E-state index in [-0.39, 0.29) is 11.6 Å². The van der Waals surface area contributed by atoms with Crippen LogP contribution in [0.15, 0.2) is 18.2 Å². The lowest BCUT2D eigenvalue weighted by atomic mass is 10.0. The summed E-state index contributed by atoms with van der Waals surface area (Å²) >= 11 is 17.2. The van der Waals surface area contributed by atoms with Gasteiger partial charge in [-0.15, -0.1) is 0 Å². The molecule has 0 saturated carbocycles. The standard InChI is InChI=1S/C14H20Cl2N2S/c1-9(19)18-13(8-17-14(2,3)4)10-5-6-11(15)12(16)7-10/h5-7,13,17H,8H2,1-4H3,(H,18,19). The molecule has 19 heavy (non-hydrogen) atoms. The fourth-order valence-corrected chi connectivity index (χ4v) is 2.08. The van der Waals surface area contributed by atoms with Gasteiger partial charge in [0.25, 0.3) is 0 Å². The fourth-order valence-electron chi connectivity index (χ4n) is 1.63. The number of hydrogen-bond acceptors (Lipinski definition) is 2. The number of nitrogens with one attached hydrogen (secondary N) is 2. The van der Waals surface area contributed by atoms with Crippen LogP contribution in [-0.2, 0) is 0 Å². The first-order chi connectivity index (χ1) is 8.69. The molecule has 1 aromatic rings. The Morgan fingerprint density at radius 2 is 1.89 bits per heavy atom. The van der Waals surface area contributed by atoms with E-state index in [2.05, 4.69) is 31.4 Å². The number of halogens is 2. The van der Waals surface area contributed by atoms with Gasteiger partial charge in [0.2, 0.25) is 0 Å². The minimum Gasteiger partial charge on any atom is -0.372 e. The van der Waals surface area contributed by atoms with E-state index in [0.717, 1.165) is 17.1 Å². The van der Waals surface area contributed by atoms with Gasteiger partial charge in [-0.05, 0) is 45.4 Å². The van der Waals surface area contributed by atoms with Crippen LogP contribution in [-0.4, -0.2) is 17.1 Å². The van der Waals surface area contributed by atoms with Gasteiger partial charge in [0.05, 0.1) is 21.1 Å². The smallest absolute Gasteiger partial charge is 0.0727 e. The van der Waals surface area contributed by atoms with Crippen molar-refractivity contribution in [3.05, 3.63) is 33.8 Å². The highest BCUT2D eigenvalue weighted by Gasteiger charge is 2.16. The van der Waals surface area contributed by atoms with Gasteiger partial charge in [-0.2, -0.15) is 0 Å². The third-order valence-corrected chi connectivity index (χ3v) is 3.42. The zero-order valence-electron chi connectivity index (χ0n) is 11.7. The highest BCUT2D eigenvalue weighted by molar-refractivity contribution is 7.80. The number of rotatable bonds is 4. The van der Waals surface area contributed by atoms with Crippen LogP contribution in [0.25, 0.3) is 0 Å². The molecule has 0 aromatic heterocycles. The summed E-state index contributed by atoms with van der Waals surface area (Å²) in [6, 6.07) is 5.73. The Labute approximate surface area is 130 Å². The van der Waals surface area contributed by atoms with Crippen LogP contribution in [0.1, 0.15) is 39.3 Å². The molecule has 5 heteroatoms. The van der Waals surface area contributed by atoms with Gasteiger partial charge >= 0.3 is 0 Å². The quantitative estimate of drug-likeness (QED) is 0.806. The lowest BCUT2D eigenvalue weighted by molar-refractivity contribution is 0.399. The van der Waals surface area contributed by atoms with Crippen LogP contribution in [0.5, 0.6) is 0 Å². The number of thiocarbonyl (C=S) groups is 1. The summed E-state index contributed by atoms with van der Waals surface area (Å²) in [6.45, 7) is 9.02. The maximum absolute atomic E-state index is 6.07. The second kappa shape index (κ2) is 6.89. The SMILES string of the molecule is CC(=S)NC(CNC(C)(C)C)c1ccc(Cl)c(Cl)c1. The van der Waals surface area contributed by atoms with Crippen molar-refractivity contribution in [1.82, 2.24) is 10.6 Å². The summed E-state index contributed by atoms with van der Waals surface area (Å²) in [4.78, 5) is 0.756. The van der Waals surface area contributed by atoms with E-state index in [1.54, 1.807) is 0 Å². The van der Waals surface area contributed by atoms with E-state index in [9.17, 15) is 0 Å². The summed E-state index contributed by atoms with van der Waals surface area (Å²) < 4.78 is 0. The van der Waals surface area contributed by atoms with Gasteiger partial charge in [-0.1, -0.05) is 41.5 Å². The van der Waals surface area contributed by atoms with E-state index < -0.39 is 0 Å². The Bertz CT molecular complexity index is 455. The van der Waals surface area contributed by atoms with Crippen molar-refractivity contribution in [2.75, 3.05) is 6.54 Å². The molecule has 2 N–H and O–H groups in total. The molecule has 0 aliphatic carbocycles. The summed E-state index contributed by atoms with van der Waals surface area (Å²) in [7, 11) is 0. The van der Waals surface area contributed by atoms with Crippen LogP contribution in [0.2, 0.25) is 10.0 Å². The highest BCUT2D eigenvalue weighted by atomic mass is 35.5. The summed E-state index contributed by atoms with van der Waals surface area (Å²) in [5, 5.41) is 7.87. The molecule has 0 radical (unpaired) electrons. The predicted molar refractivity (Wildman–Crippen MR) is 88.4 cm³/mol. The van der Waals surface area contributed by atoms with Gasteiger partial charge < -0.3 is 10.6 Å². The minimum absolute atomic E-state index is 0.0471. The normalized spacial score (nSPS) is 13.2. The van der Waals surface area contributed by atoms with Crippen LogP contribution in [0.4, 0.5) is 0 Å². The molecule has 0 aliphatic rings. The Morgan fingerprint density at radius 3 is 2.37 bits per heavy atom. The van der Waals surface area contributed by atoms with E-state index >= 15 is 0 Å². The summed E-state index contributed by atoms with van der Waals surface area (Å²) in [5.74, 6) is 0. The molecule has 0 aliphatic heterocycles. The van der Waals surface area contributed by atoms with Crippen molar-refractivity contribution in [3.8, 4) is 0 Å². The lowest BCUT2D eigenvalue weighted by Crippen LogP contribution is -2.42. The second-order valence-electron chi connectivity index (χ2n) is 5.56. The average molecular weight is 319 g/mol. The highest BCUT2D eigenvalue weighted by Crippen LogP contribution is 2.25. The zero-order chi connectivity index (χ0) is 14.6. The van der Waals surface area contributed by atoms with Crippen LogP contribution >= 0.6 is 35.4 Å². The first-order valence-electron chi connectivity index (χ1n) is 6.16. The molecule has 0 heterocycles. The predicted octanol–water partition coefficient (Wildman–Crippen LogP) is 4.36. The van der Waals surface area contributed by atoms with Gasteiger partial charge in [-0.25, -0.2) is 0 Å². The topological polar surface area (TPSA) is 24.1 Å². The minimum atomic E-state index is 0.0471. The Hall–Kier alpha value is -0.350. The number of benzene rings is 1. The van der Waals surface area contributed by atoms with E-state index in [1.807, 2.05) is 25.1 Å². The molecule has 0 fully saturated rings. The third kappa shape index (κ3) is 6.09. The van der Waals surface area contributed by atoms with Crippen molar-refractivity contribution in [2.45, 2.75) is 39.3 Å². The van der Waals surface area contributed by atoms with Gasteiger partial charge in [-0.3, -0.25) is 0 Å². The summed E-state index contributed by atoms with van der Waals surface area (Å²) in [6.07, 6.45) is 0. The van der Waals surface area contributed by atoms with E-state index in [1.165, 1.54) is 0 Å². The molecule has 106 valence electrons. The maximum Gasteiger partial charge on any atom is 0.0727 e. The number of hydrogen-bond donors (Lipinski definition) is 2. The molecule has 1 atom stereocenters. The van der Waals surface area contributed by atoms with Gasteiger partial charge in [0.1, 0.15) is 0 Å². The molecule has 1 rings (SSSR count). The molecular weight excluding hydrogens is 299 g/mol. The van der Waals surface area contributed by atoms with Gasteiger partial charge in [0.15, 0.2) is 0 Å². The third-order valence-electron chi connectivity index (χ3n) is 2.56. The van der Waals surface area contributed by atoms with Crippen molar-refractivity contribution in [2.24, 2.45) is 0 Å². The molecule has 1 unspecified atom stereocenters. The van der Waals surface area contributed by atoms with Crippen LogP contribution < -0.4 is 10.6 Å². The molecule has 0 bridgehead atoms. The van der Waals surface area contributed by atoms with Gasteiger partial charge in [0, 0.05) is 12.1 Å². The Balaban J connectivity index is 2.89. The monoisotopic (exact) mass is 318 g/mol. The molecule has 2 nitrogen and oxygen atoms in total. The fraction of sp³-hybridized carbons (Fsp3) is 0.500. The van der Waals surface area contributed by atoms with Crippen LogP contribution in [0.3, 0.4) is 0 Å². The molecule has 0 amide bonds. The first kappa shape index (κ1) is 16.7. The first-order valence-corrected chi connectivity index (χ1v) is 7.32. The van der Waals surface area contributed by atoms with Crippen molar-refractivity contribution in [1.29, 1.82) is 0 Å². The van der Waals surface area contributed by atoms with Crippen molar-refractivity contribution >= 4 is 40.4 Å². The Kier molecular flexibility index (Phi) is 6.06. The molecule has 1 aromatic carbocycles. The Morgan fingerprint density at radius 1 is 1.26 bits per heavy atom. The van der Waals surface area contributed by atoms with Crippen LogP contribution in [0, 0.1) is 0 Å². The largest absolute Gasteiger partial charge is 0.372 e. The molecule has 0 saturated heterocycles. The second-order valence-corrected chi connectivity index (χ2v) is 6.98. The van der Waals surface area contributed by atoms with E-state index in [4.69, 9.17) is 35.4 Å².